The highest BCUT2D eigenvalue weighted by atomic mass is 31.2. The summed E-state index contributed by atoms with van der Waals surface area (Å²) in [6.45, 7) is 20.9. The standard InChI is InChI=1S/C65H73N11O17P2/c1-42(2)76(43(3)4)94(87-32-30-66-5)92-51-34-56(74-37-45(63(80)73-64(74)81)20-29-55(77)68-36-58(78)85-9)91-54(51)39-89-95(82,88-33-31-67-6)93-52-35-57(75-41-71-59-60(69-40-70-61(59)75)72-62(79)44-16-12-10-13-17-44)90-53(52)38-86-65(46-18-14-11-15-19-46,47-21-25-49(83-7)26-22-47)48-23-27-50(84-8)28-24-48/h10-29,37,40-43,51-54,56-57H,30-36,38-39H2,1-4,7-9H3,(H,68,77)(H,73,80,81)(H,69,70,72,79)/b29-20+. The lowest BCUT2D eigenvalue weighted by atomic mass is 9.80. The molecule has 0 saturated carbocycles. The first-order chi connectivity index (χ1) is 45.9. The Hall–Kier alpha value is -8.86. The summed E-state index contributed by atoms with van der Waals surface area (Å²) in [6.07, 6.45) is -0.965. The van der Waals surface area contributed by atoms with Crippen molar-refractivity contribution in [3.63, 3.8) is 0 Å². The number of nitrogens with zero attached hydrogens (tertiary/aromatic N) is 8. The van der Waals surface area contributed by atoms with Gasteiger partial charge in [0.15, 0.2) is 17.0 Å². The number of H-pyrrole nitrogens is 1. The van der Waals surface area contributed by atoms with E-state index < -0.39 is 108 Å². The van der Waals surface area contributed by atoms with Crippen LogP contribution in [0.4, 0.5) is 5.82 Å². The van der Waals surface area contributed by atoms with E-state index in [0.29, 0.717) is 28.2 Å². The Kier molecular flexibility index (Phi) is 24.5. The largest absolute Gasteiger partial charge is 0.497 e. The zero-order valence-electron chi connectivity index (χ0n) is 53.2. The van der Waals surface area contributed by atoms with E-state index in [2.05, 4.69) is 45.0 Å². The highest BCUT2D eigenvalue weighted by Gasteiger charge is 2.49. The molecule has 3 N–H and O–H groups in total. The lowest BCUT2D eigenvalue weighted by Crippen LogP contribution is -2.38. The summed E-state index contributed by atoms with van der Waals surface area (Å²) in [6, 6.07) is 32.6. The number of amides is 2. The maximum Gasteiger partial charge on any atom is 0.475 e. The van der Waals surface area contributed by atoms with Crippen molar-refractivity contribution < 1.29 is 70.0 Å². The van der Waals surface area contributed by atoms with E-state index in [9.17, 15) is 24.0 Å². The fourth-order valence-electron chi connectivity index (χ4n) is 10.8. The van der Waals surface area contributed by atoms with Crippen molar-refractivity contribution in [3.8, 4) is 11.5 Å². The zero-order valence-corrected chi connectivity index (χ0v) is 55.0. The van der Waals surface area contributed by atoms with Gasteiger partial charge in [0.05, 0.1) is 52.5 Å². The summed E-state index contributed by atoms with van der Waals surface area (Å²) in [5, 5.41) is 5.18. The van der Waals surface area contributed by atoms with Crippen LogP contribution >= 0.6 is 16.3 Å². The van der Waals surface area contributed by atoms with Crippen molar-refractivity contribution in [1.29, 1.82) is 0 Å². The number of phosphoric ester groups is 1. The molecule has 0 spiro atoms. The molecular weight excluding hydrogens is 1270 g/mol. The van der Waals surface area contributed by atoms with Crippen molar-refractivity contribution in [2.45, 2.75) is 95.1 Å². The van der Waals surface area contributed by atoms with E-state index in [4.69, 9.17) is 59.4 Å². The van der Waals surface area contributed by atoms with Crippen molar-refractivity contribution in [2.24, 2.45) is 0 Å². The number of phosphoric acid groups is 1. The van der Waals surface area contributed by atoms with E-state index in [1.807, 2.05) is 111 Å². The molecule has 2 aliphatic rings. The van der Waals surface area contributed by atoms with E-state index >= 15 is 4.57 Å². The number of rotatable bonds is 32. The minimum Gasteiger partial charge on any atom is -0.497 e. The molecular formula is C65H73N11O17P2. The summed E-state index contributed by atoms with van der Waals surface area (Å²) in [7, 11) is -2.63. The van der Waals surface area contributed by atoms with Crippen LogP contribution in [0.15, 0.2) is 144 Å². The maximum atomic E-state index is 15.8. The van der Waals surface area contributed by atoms with Gasteiger partial charge in [-0.25, -0.2) is 42.1 Å². The molecule has 0 aliphatic carbocycles. The molecule has 0 bridgehead atoms. The number of anilines is 1. The lowest BCUT2D eigenvalue weighted by Gasteiger charge is -2.37. The lowest BCUT2D eigenvalue weighted by molar-refractivity contribution is -0.140. The van der Waals surface area contributed by atoms with Gasteiger partial charge in [-0.3, -0.25) is 46.9 Å². The number of carbonyl (C=O) groups is 3. The van der Waals surface area contributed by atoms with Gasteiger partial charge in [-0.15, -0.1) is 0 Å². The number of fused-ring (bicyclic) bond motifs is 1. The van der Waals surface area contributed by atoms with E-state index in [1.54, 1.807) is 49.1 Å². The fraction of sp³-hybridized carbons (Fsp3) is 0.385. The van der Waals surface area contributed by atoms with Crippen molar-refractivity contribution >= 4 is 57.2 Å². The Morgan fingerprint density at radius 1 is 0.779 bits per heavy atom. The number of esters is 1. The van der Waals surface area contributed by atoms with Gasteiger partial charge in [0.2, 0.25) is 19.0 Å². The maximum absolute atomic E-state index is 15.8. The number of nitrogens with one attached hydrogen (secondary N) is 3. The van der Waals surface area contributed by atoms with Gasteiger partial charge in [-0.1, -0.05) is 72.8 Å². The first-order valence-corrected chi connectivity index (χ1v) is 32.8. The monoisotopic (exact) mass is 1340 g/mol. The first-order valence-electron chi connectivity index (χ1n) is 30.2. The smallest absolute Gasteiger partial charge is 0.475 e. The van der Waals surface area contributed by atoms with Crippen LogP contribution in [0.25, 0.3) is 26.9 Å². The summed E-state index contributed by atoms with van der Waals surface area (Å²) in [4.78, 5) is 87.5. The van der Waals surface area contributed by atoms with Gasteiger partial charge in [0.25, 0.3) is 20.0 Å². The van der Waals surface area contributed by atoms with Crippen molar-refractivity contribution in [1.82, 2.24) is 39.1 Å². The van der Waals surface area contributed by atoms with Crippen molar-refractivity contribution in [3.05, 3.63) is 206 Å². The van der Waals surface area contributed by atoms with Gasteiger partial charge >= 0.3 is 19.5 Å². The Bertz CT molecular complexity index is 3980. The second-order valence-corrected chi connectivity index (χ2v) is 25.1. The SMILES string of the molecule is [C-]#[N+]CCOP(OC1CC(n2cc(/C=C/C(=O)NCC(=O)OC)c(=O)[nH]c2=O)OC1COP(=O)(OCC[N+]#[C-])OC1CC(n2cnc3c(NC(=O)c4ccccc4)ncnc32)OC1COC(c1ccccc1)(c1ccc(OC)cc1)c1ccc(OC)cc1)N(C(C)C)C(C)C. The molecule has 8 unspecified atom stereocenters. The van der Waals surface area contributed by atoms with E-state index in [0.717, 1.165) is 29.4 Å². The molecule has 95 heavy (non-hydrogen) atoms. The molecule has 3 aromatic heterocycles. The third-order valence-electron chi connectivity index (χ3n) is 15.3. The first kappa shape index (κ1) is 70.5. The van der Waals surface area contributed by atoms with Gasteiger partial charge < -0.3 is 57.8 Å². The third-order valence-corrected chi connectivity index (χ3v) is 18.9. The summed E-state index contributed by atoms with van der Waals surface area (Å²) < 4.78 is 89.5. The van der Waals surface area contributed by atoms with Crippen LogP contribution in [-0.2, 0) is 61.3 Å². The van der Waals surface area contributed by atoms with Crippen LogP contribution < -0.4 is 31.4 Å². The average Bonchev–Trinajstić information content (AvgIpc) is 1.58. The van der Waals surface area contributed by atoms with Gasteiger partial charge in [0.1, 0.15) is 74.0 Å². The molecule has 30 heteroatoms. The van der Waals surface area contributed by atoms with Crippen LogP contribution in [0.1, 0.15) is 85.6 Å². The number of aromatic amines is 1. The molecule has 2 aliphatic heterocycles. The fourth-order valence-corrected chi connectivity index (χ4v) is 13.9. The average molecular weight is 1340 g/mol. The molecule has 2 amide bonds. The van der Waals surface area contributed by atoms with Crippen molar-refractivity contribution in [2.75, 3.05) is 72.7 Å². The Labute approximate surface area is 549 Å². The van der Waals surface area contributed by atoms with Crippen LogP contribution in [-0.4, -0.2) is 155 Å². The summed E-state index contributed by atoms with van der Waals surface area (Å²) in [5.74, 6) is -0.578. The number of imidazole rings is 1. The Balaban J connectivity index is 1.09. The number of carbonyl (C=O) groups excluding carboxylic acids is 3. The molecule has 9 rings (SSSR count). The highest BCUT2D eigenvalue weighted by molar-refractivity contribution is 7.48. The zero-order chi connectivity index (χ0) is 67.7. The molecule has 2 saturated heterocycles. The van der Waals surface area contributed by atoms with Crippen LogP contribution in [0.3, 0.4) is 0 Å². The molecule has 2 fully saturated rings. The van der Waals surface area contributed by atoms with Gasteiger partial charge in [-0.05, 0) is 86.9 Å². The predicted octanol–water partition coefficient (Wildman–Crippen LogP) is 8.64. The van der Waals surface area contributed by atoms with Crippen LogP contribution in [0.5, 0.6) is 11.5 Å². The van der Waals surface area contributed by atoms with Crippen LogP contribution in [0, 0.1) is 13.1 Å². The third kappa shape index (κ3) is 17.4. The topological polar surface area (TPSA) is 304 Å². The molecule has 28 nitrogen and oxygen atoms in total. The number of methoxy groups -OCH3 is 3. The number of aromatic nitrogens is 6. The quantitative estimate of drug-likeness (QED) is 0.00887. The molecule has 8 atom stereocenters. The predicted molar refractivity (Wildman–Crippen MR) is 348 cm³/mol. The minimum absolute atomic E-state index is 0.000662. The van der Waals surface area contributed by atoms with E-state index in [-0.39, 0.29) is 73.8 Å². The number of hydrogen-bond donors (Lipinski definition) is 3. The highest BCUT2D eigenvalue weighted by Crippen LogP contribution is 2.56. The number of ether oxygens (including phenoxy) is 6. The van der Waals surface area contributed by atoms with Crippen LogP contribution in [0.2, 0.25) is 0 Å². The van der Waals surface area contributed by atoms with Gasteiger partial charge in [-0.2, -0.15) is 0 Å². The Morgan fingerprint density at radius 2 is 1.38 bits per heavy atom. The summed E-state index contributed by atoms with van der Waals surface area (Å²) in [5.41, 5.74) is -0.311. The molecule has 500 valence electrons. The minimum atomic E-state index is -4.93. The molecule has 4 aromatic carbocycles. The normalized spacial score (nSPS) is 18.9. The molecule has 7 aromatic rings. The second-order valence-electron chi connectivity index (χ2n) is 22.1. The Morgan fingerprint density at radius 3 is 2.00 bits per heavy atom. The van der Waals surface area contributed by atoms with E-state index in [1.165, 1.54) is 18.9 Å². The molecule has 0 radical (unpaired) electrons. The summed E-state index contributed by atoms with van der Waals surface area (Å²) >= 11 is 0. The molecule has 5 heterocycles. The van der Waals surface area contributed by atoms with Gasteiger partial charge in [0, 0.05) is 42.8 Å². The number of benzene rings is 4. The second kappa shape index (κ2) is 33.0. The number of hydrogen-bond acceptors (Lipinski definition) is 21.